The van der Waals surface area contributed by atoms with Crippen LogP contribution in [-0.4, -0.2) is 46.8 Å². The van der Waals surface area contributed by atoms with E-state index in [-0.39, 0.29) is 5.41 Å². The molecule has 0 saturated heterocycles. The van der Waals surface area contributed by atoms with Crippen LogP contribution in [-0.2, 0) is 14.5 Å². The largest absolute Gasteiger partial charge is 0.322 e. The summed E-state index contributed by atoms with van der Waals surface area (Å²) >= 11 is 0. The lowest BCUT2D eigenvalue weighted by atomic mass is 9.75. The highest BCUT2D eigenvalue weighted by Crippen LogP contribution is 2.48. The Bertz CT molecular complexity index is 2500. The first-order valence-corrected chi connectivity index (χ1v) is 26.8. The fraction of sp³-hybridized carbons (Fsp3) is 0.377. The van der Waals surface area contributed by atoms with Crippen LogP contribution in [0.5, 0.6) is 0 Å². The minimum atomic E-state index is -1.21. The number of hydrogen-bond acceptors (Lipinski definition) is 6. The molecule has 5 aromatic carbocycles. The molecule has 69 heavy (non-hydrogen) atoms. The first kappa shape index (κ1) is 51.2. The lowest BCUT2D eigenvalue weighted by Crippen LogP contribution is -2.33. The third-order valence-electron chi connectivity index (χ3n) is 13.4. The molecule has 0 amide bonds. The standard InChI is InChI=1S/C61H75N5O2P/c1-7-8-9-25-44-64-59-40-39-55(65(53-32-18-14-19-33-53)54-34-20-15-21-35-54)48-57(59)61(6,42-24-11-10-12-26-46-67-69(68-47-28-43-62)66(49(2)3)50(4)5)60(64)38-27-29-51-41-45-63(52-30-16-13-17-31-52)58-37-23-22-36-56(51)58/h13-23,27,29-41,45,48-50H,7-12,24-26,28,42,44,46-47H2,1-6H3/q+1. The van der Waals surface area contributed by atoms with Crippen molar-refractivity contribution in [1.29, 1.82) is 5.26 Å². The maximum absolute atomic E-state index is 9.15. The maximum atomic E-state index is 9.15. The van der Waals surface area contributed by atoms with E-state index in [1.165, 1.54) is 58.7 Å². The van der Waals surface area contributed by atoms with E-state index in [0.29, 0.717) is 31.7 Å². The van der Waals surface area contributed by atoms with Crippen LogP contribution in [0.15, 0.2) is 164 Å². The predicted molar refractivity (Wildman–Crippen MR) is 293 cm³/mol. The second-order valence-electron chi connectivity index (χ2n) is 19.1. The molecule has 0 aromatic heterocycles. The summed E-state index contributed by atoms with van der Waals surface area (Å²) in [4.78, 5) is 4.69. The van der Waals surface area contributed by atoms with Crippen LogP contribution in [0.1, 0.15) is 123 Å². The third-order valence-corrected chi connectivity index (χ3v) is 15.5. The van der Waals surface area contributed by atoms with Gasteiger partial charge < -0.3 is 18.8 Å². The van der Waals surface area contributed by atoms with Gasteiger partial charge in [-0.3, -0.25) is 0 Å². The van der Waals surface area contributed by atoms with E-state index in [0.717, 1.165) is 68.6 Å². The summed E-state index contributed by atoms with van der Waals surface area (Å²) in [6.07, 6.45) is 23.3. The molecule has 7 rings (SSSR count). The van der Waals surface area contributed by atoms with E-state index < -0.39 is 8.53 Å². The normalized spacial score (nSPS) is 16.5. The number of nitriles is 1. The minimum Gasteiger partial charge on any atom is -0.322 e. The molecule has 5 aromatic rings. The Kier molecular flexibility index (Phi) is 19.2. The van der Waals surface area contributed by atoms with Gasteiger partial charge in [0.1, 0.15) is 6.54 Å². The average molecular weight is 941 g/mol. The second-order valence-corrected chi connectivity index (χ2v) is 20.5. The van der Waals surface area contributed by atoms with Gasteiger partial charge in [-0.05, 0) is 120 Å². The highest BCUT2D eigenvalue weighted by molar-refractivity contribution is 7.44. The number of rotatable bonds is 26. The van der Waals surface area contributed by atoms with Gasteiger partial charge in [0.15, 0.2) is 5.71 Å². The fourth-order valence-electron chi connectivity index (χ4n) is 10.0. The Labute approximate surface area is 416 Å². The summed E-state index contributed by atoms with van der Waals surface area (Å²) in [5.74, 6) is 0. The number of allylic oxidation sites excluding steroid dienone is 5. The van der Waals surface area contributed by atoms with Gasteiger partial charge in [0, 0.05) is 70.7 Å². The molecule has 0 aliphatic carbocycles. The smallest absolute Gasteiger partial charge is 0.259 e. The summed E-state index contributed by atoms with van der Waals surface area (Å²) in [7, 11) is -1.21. The Hall–Kier alpha value is -5.61. The average Bonchev–Trinajstić information content (AvgIpc) is 3.59. The number of anilines is 5. The van der Waals surface area contributed by atoms with Gasteiger partial charge >= 0.3 is 0 Å². The highest BCUT2D eigenvalue weighted by Gasteiger charge is 2.47. The lowest BCUT2D eigenvalue weighted by Gasteiger charge is -2.35. The van der Waals surface area contributed by atoms with Crippen LogP contribution in [0.4, 0.5) is 34.1 Å². The number of para-hydroxylation sites is 4. The number of hydrogen-bond donors (Lipinski definition) is 0. The van der Waals surface area contributed by atoms with E-state index in [1.54, 1.807) is 0 Å². The Morgan fingerprint density at radius 2 is 1.33 bits per heavy atom. The van der Waals surface area contributed by atoms with Crippen molar-refractivity contribution in [3.63, 3.8) is 0 Å². The lowest BCUT2D eigenvalue weighted by molar-refractivity contribution is -0.438. The van der Waals surface area contributed by atoms with Gasteiger partial charge in [0.2, 0.25) is 5.69 Å². The third kappa shape index (κ3) is 13.0. The molecule has 8 heteroatoms. The van der Waals surface area contributed by atoms with Gasteiger partial charge in [-0.25, -0.2) is 4.67 Å². The van der Waals surface area contributed by atoms with Gasteiger partial charge in [0.05, 0.1) is 36.8 Å². The first-order valence-electron chi connectivity index (χ1n) is 25.7. The Balaban J connectivity index is 1.17. The van der Waals surface area contributed by atoms with Crippen molar-refractivity contribution in [3.8, 4) is 6.07 Å². The van der Waals surface area contributed by atoms with Crippen LogP contribution >= 0.6 is 8.53 Å². The summed E-state index contributed by atoms with van der Waals surface area (Å²) in [5, 5.41) is 9.15. The van der Waals surface area contributed by atoms with Crippen molar-refractivity contribution >= 4 is 53.9 Å². The summed E-state index contributed by atoms with van der Waals surface area (Å²) in [6.45, 7) is 15.6. The molecule has 0 N–H and O–H groups in total. The summed E-state index contributed by atoms with van der Waals surface area (Å²) in [5.41, 5.74) is 12.1. The van der Waals surface area contributed by atoms with Crippen molar-refractivity contribution in [2.75, 3.05) is 29.6 Å². The topological polar surface area (TPSA) is 55.0 Å². The van der Waals surface area contributed by atoms with Crippen LogP contribution in [0, 0.1) is 11.3 Å². The zero-order chi connectivity index (χ0) is 48.4. The van der Waals surface area contributed by atoms with Crippen LogP contribution in [0.25, 0.3) is 5.57 Å². The number of fused-ring (bicyclic) bond motifs is 2. The zero-order valence-electron chi connectivity index (χ0n) is 42.1. The molecular formula is C61H75N5O2P+. The number of unbranched alkanes of at least 4 members (excludes halogenated alkanes) is 7. The van der Waals surface area contributed by atoms with Crippen LogP contribution < -0.4 is 9.80 Å². The van der Waals surface area contributed by atoms with Crippen molar-refractivity contribution in [1.82, 2.24) is 4.67 Å². The molecule has 360 valence electrons. The SMILES string of the molecule is CCCCCC[N+]1=C(/C=C/C=C2\C=CN(c3ccccc3)c3ccccc32)C(C)(CCCCCCCOP(OCCC#N)N(C(C)C)C(C)C)c2cc(N(c3ccccc3)c3ccccc3)ccc21. The van der Waals surface area contributed by atoms with Crippen molar-refractivity contribution in [2.24, 2.45) is 0 Å². The van der Waals surface area contributed by atoms with E-state index in [9.17, 15) is 0 Å². The predicted octanol–water partition coefficient (Wildman–Crippen LogP) is 17.0. The summed E-state index contributed by atoms with van der Waals surface area (Å²) < 4.78 is 17.6. The molecule has 0 radical (unpaired) electrons. The number of benzene rings is 5. The maximum Gasteiger partial charge on any atom is 0.259 e. The molecule has 2 aliphatic heterocycles. The van der Waals surface area contributed by atoms with E-state index >= 15 is 0 Å². The van der Waals surface area contributed by atoms with E-state index in [1.807, 2.05) is 0 Å². The van der Waals surface area contributed by atoms with Gasteiger partial charge in [-0.15, -0.1) is 0 Å². The van der Waals surface area contributed by atoms with Gasteiger partial charge in [-0.2, -0.15) is 9.84 Å². The second kappa shape index (κ2) is 25.8. The van der Waals surface area contributed by atoms with E-state index in [4.69, 9.17) is 14.3 Å². The zero-order valence-corrected chi connectivity index (χ0v) is 43.0. The molecule has 2 atom stereocenters. The molecule has 0 bridgehead atoms. The molecule has 0 saturated carbocycles. The minimum absolute atomic E-state index is 0.217. The number of nitrogens with zero attached hydrogens (tertiary/aromatic N) is 5. The molecule has 0 fully saturated rings. The van der Waals surface area contributed by atoms with Crippen LogP contribution in [0.2, 0.25) is 0 Å². The first-order chi connectivity index (χ1) is 33.7. The van der Waals surface area contributed by atoms with Crippen molar-refractivity contribution in [3.05, 3.63) is 175 Å². The van der Waals surface area contributed by atoms with Gasteiger partial charge in [-0.1, -0.05) is 130 Å². The molecular weight excluding hydrogens is 866 g/mol. The Morgan fingerprint density at radius 1 is 0.710 bits per heavy atom. The molecule has 2 unspecified atom stereocenters. The van der Waals surface area contributed by atoms with E-state index in [2.05, 4.69) is 231 Å². The Morgan fingerprint density at radius 3 is 2.01 bits per heavy atom. The molecule has 2 heterocycles. The summed E-state index contributed by atoms with van der Waals surface area (Å²) in [6, 6.07) is 50.9. The van der Waals surface area contributed by atoms with Crippen molar-refractivity contribution < 1.29 is 13.6 Å². The highest BCUT2D eigenvalue weighted by atomic mass is 31.2. The molecule has 0 spiro atoms. The molecule has 2 aliphatic rings. The van der Waals surface area contributed by atoms with Crippen molar-refractivity contribution in [2.45, 2.75) is 130 Å². The van der Waals surface area contributed by atoms with Crippen LogP contribution in [0.3, 0.4) is 0 Å². The fourth-order valence-corrected chi connectivity index (χ4v) is 11.6. The molecule has 7 nitrogen and oxygen atoms in total. The quantitative estimate of drug-likeness (QED) is 0.0313. The monoisotopic (exact) mass is 941 g/mol. The van der Waals surface area contributed by atoms with Gasteiger partial charge in [0.25, 0.3) is 8.53 Å².